The Morgan fingerprint density at radius 3 is 2.65 bits per heavy atom. The molecule has 0 aliphatic carbocycles. The molecular weight excluding hydrogens is 292 g/mol. The fraction of sp³-hybridized carbons (Fsp3) is 0.312. The van der Waals surface area contributed by atoms with Crippen molar-refractivity contribution in [2.75, 3.05) is 0 Å². The van der Waals surface area contributed by atoms with Crippen molar-refractivity contribution in [1.29, 1.82) is 0 Å². The molecule has 7 heteroatoms. The van der Waals surface area contributed by atoms with Crippen LogP contribution in [-0.4, -0.2) is 36.0 Å². The highest BCUT2D eigenvalue weighted by Gasteiger charge is 2.20. The van der Waals surface area contributed by atoms with E-state index < -0.39 is 6.03 Å². The largest absolute Gasteiger partial charge is 0.372 e. The molecule has 118 valence electrons. The topological polar surface area (TPSA) is 78.5 Å². The Morgan fingerprint density at radius 1 is 1.13 bits per heavy atom. The van der Waals surface area contributed by atoms with Crippen LogP contribution in [0.1, 0.15) is 31.9 Å². The summed E-state index contributed by atoms with van der Waals surface area (Å²) in [4.78, 5) is 12.6. The van der Waals surface area contributed by atoms with E-state index in [9.17, 15) is 4.79 Å². The number of hydrogen-bond donors (Lipinski definition) is 0. The van der Waals surface area contributed by atoms with Gasteiger partial charge in [-0.25, -0.2) is 4.79 Å². The zero-order valence-electron chi connectivity index (χ0n) is 13.0. The molecule has 0 saturated heterocycles. The van der Waals surface area contributed by atoms with Gasteiger partial charge < -0.3 is 0 Å². The normalized spacial score (nSPS) is 10.8. The second kappa shape index (κ2) is 6.95. The second-order valence-corrected chi connectivity index (χ2v) is 5.25. The lowest BCUT2D eigenvalue weighted by Gasteiger charge is -2.07. The molecule has 0 fully saturated rings. The molecule has 0 spiro atoms. The third-order valence-electron chi connectivity index (χ3n) is 3.60. The summed E-state index contributed by atoms with van der Waals surface area (Å²) in [6.07, 6.45) is 7.02. The number of carbonyl (C=O) groups is 1. The smallest absolute Gasteiger partial charge is 0.243 e. The number of aryl methyl sites for hydroxylation is 1. The van der Waals surface area contributed by atoms with Crippen LogP contribution in [0, 0.1) is 0 Å². The first-order valence-electron chi connectivity index (χ1n) is 7.72. The Kier molecular flexibility index (Phi) is 4.56. The summed E-state index contributed by atoms with van der Waals surface area (Å²) in [5.74, 6) is 0. The molecular formula is C16H18N6O. The Balaban J connectivity index is 2.01. The van der Waals surface area contributed by atoms with Crippen molar-refractivity contribution in [3.8, 4) is 11.3 Å². The van der Waals surface area contributed by atoms with Gasteiger partial charge in [-0.2, -0.15) is 9.36 Å². The fourth-order valence-corrected chi connectivity index (χ4v) is 2.45. The Hall–Kier alpha value is -2.83. The Labute approximate surface area is 133 Å². The van der Waals surface area contributed by atoms with E-state index in [1.165, 1.54) is 17.1 Å². The molecule has 0 aliphatic rings. The van der Waals surface area contributed by atoms with Crippen LogP contribution in [-0.2, 0) is 6.42 Å². The summed E-state index contributed by atoms with van der Waals surface area (Å²) in [5.41, 5.74) is 2.47. The van der Waals surface area contributed by atoms with Crippen LogP contribution in [0.2, 0.25) is 0 Å². The van der Waals surface area contributed by atoms with Gasteiger partial charge in [0.25, 0.3) is 0 Å². The molecule has 2 heterocycles. The predicted molar refractivity (Wildman–Crippen MR) is 84.9 cm³/mol. The van der Waals surface area contributed by atoms with Crippen molar-refractivity contribution in [2.45, 2.75) is 32.6 Å². The number of nitrogens with zero attached hydrogens (tertiary/aromatic N) is 6. The van der Waals surface area contributed by atoms with Gasteiger partial charge in [0.05, 0.1) is 18.1 Å². The fourth-order valence-electron chi connectivity index (χ4n) is 2.45. The van der Waals surface area contributed by atoms with E-state index in [2.05, 4.69) is 27.5 Å². The molecule has 3 rings (SSSR count). The molecule has 0 unspecified atom stereocenters. The lowest BCUT2D eigenvalue weighted by molar-refractivity contribution is 0.237. The first-order chi connectivity index (χ1) is 11.3. The lowest BCUT2D eigenvalue weighted by Crippen LogP contribution is -2.22. The van der Waals surface area contributed by atoms with Crippen molar-refractivity contribution < 1.29 is 4.79 Å². The molecule has 0 bridgehead atoms. The van der Waals surface area contributed by atoms with E-state index in [4.69, 9.17) is 0 Å². The van der Waals surface area contributed by atoms with E-state index in [1.54, 1.807) is 0 Å². The zero-order chi connectivity index (χ0) is 16.1. The number of hydrogen-bond acceptors (Lipinski definition) is 5. The molecule has 7 nitrogen and oxygen atoms in total. The molecule has 0 saturated carbocycles. The average Bonchev–Trinajstić information content (AvgIpc) is 3.25. The van der Waals surface area contributed by atoms with E-state index in [-0.39, 0.29) is 0 Å². The highest BCUT2D eigenvalue weighted by Crippen LogP contribution is 2.23. The van der Waals surface area contributed by atoms with Crippen LogP contribution in [0.5, 0.6) is 0 Å². The minimum absolute atomic E-state index is 0.393. The first-order valence-corrected chi connectivity index (χ1v) is 7.72. The van der Waals surface area contributed by atoms with Crippen LogP contribution in [0.15, 0.2) is 42.7 Å². The van der Waals surface area contributed by atoms with Gasteiger partial charge in [-0.05, 0) is 12.8 Å². The van der Waals surface area contributed by atoms with Gasteiger partial charge in [0, 0.05) is 5.56 Å². The second-order valence-electron chi connectivity index (χ2n) is 5.25. The van der Waals surface area contributed by atoms with E-state index >= 15 is 0 Å². The summed E-state index contributed by atoms with van der Waals surface area (Å²) in [6, 6.07) is 9.31. The lowest BCUT2D eigenvalue weighted by atomic mass is 10.1. The van der Waals surface area contributed by atoms with Gasteiger partial charge in [-0.3, -0.25) is 0 Å². The third-order valence-corrected chi connectivity index (χ3v) is 3.60. The number of rotatable bonds is 5. The maximum absolute atomic E-state index is 12.6. The van der Waals surface area contributed by atoms with Crippen LogP contribution < -0.4 is 0 Å². The van der Waals surface area contributed by atoms with Gasteiger partial charge in [0.1, 0.15) is 5.69 Å². The minimum atomic E-state index is -0.393. The van der Waals surface area contributed by atoms with Crippen molar-refractivity contribution >= 4 is 6.03 Å². The quantitative estimate of drug-likeness (QED) is 0.677. The molecule has 1 aromatic carbocycles. The van der Waals surface area contributed by atoms with E-state index in [0.717, 1.165) is 47.3 Å². The molecule has 0 N–H and O–H groups in total. The molecule has 0 amide bonds. The van der Waals surface area contributed by atoms with Gasteiger partial charge >= 0.3 is 6.03 Å². The Morgan fingerprint density at radius 2 is 1.96 bits per heavy atom. The minimum Gasteiger partial charge on any atom is -0.243 e. The molecule has 2 aromatic heterocycles. The standard InChI is InChI=1S/C16H18N6O/c1-2-3-5-10-14-15(13-8-6-4-7-9-13)22(20-18-14)16(23)21-12-11-17-19-21/h4,6-9,11-12H,2-3,5,10H2,1H3. The van der Waals surface area contributed by atoms with Crippen molar-refractivity contribution in [1.82, 2.24) is 30.0 Å². The van der Waals surface area contributed by atoms with Crippen LogP contribution in [0.25, 0.3) is 11.3 Å². The van der Waals surface area contributed by atoms with E-state index in [1.807, 2.05) is 30.3 Å². The highest BCUT2D eigenvalue weighted by atomic mass is 16.2. The average molecular weight is 310 g/mol. The summed E-state index contributed by atoms with van der Waals surface area (Å²) in [5, 5.41) is 15.7. The number of carbonyl (C=O) groups excluding carboxylic acids is 1. The summed E-state index contributed by atoms with van der Waals surface area (Å²) in [6.45, 7) is 2.16. The third kappa shape index (κ3) is 3.18. The molecule has 0 atom stereocenters. The Bertz CT molecular complexity index is 763. The first kappa shape index (κ1) is 15.1. The number of benzene rings is 1. The predicted octanol–water partition coefficient (Wildman–Crippen LogP) is 2.79. The number of unbranched alkanes of at least 4 members (excludes halogenated alkanes) is 2. The zero-order valence-corrected chi connectivity index (χ0v) is 13.0. The van der Waals surface area contributed by atoms with Gasteiger partial charge in [-0.15, -0.1) is 10.2 Å². The molecule has 23 heavy (non-hydrogen) atoms. The van der Waals surface area contributed by atoms with E-state index in [0.29, 0.717) is 0 Å². The maximum atomic E-state index is 12.6. The van der Waals surface area contributed by atoms with Crippen molar-refractivity contribution in [2.24, 2.45) is 0 Å². The molecule has 0 radical (unpaired) electrons. The van der Waals surface area contributed by atoms with Gasteiger partial charge in [0.15, 0.2) is 0 Å². The summed E-state index contributed by atoms with van der Waals surface area (Å²) < 4.78 is 2.45. The SMILES string of the molecule is CCCCCc1nnn(C(=O)n2ccnn2)c1-c1ccccc1. The van der Waals surface area contributed by atoms with Crippen molar-refractivity contribution in [3.63, 3.8) is 0 Å². The van der Waals surface area contributed by atoms with Gasteiger partial charge in [-0.1, -0.05) is 60.5 Å². The van der Waals surface area contributed by atoms with Crippen LogP contribution in [0.3, 0.4) is 0 Å². The number of aromatic nitrogens is 6. The highest BCUT2D eigenvalue weighted by molar-refractivity contribution is 5.83. The van der Waals surface area contributed by atoms with Crippen molar-refractivity contribution in [3.05, 3.63) is 48.4 Å². The van der Waals surface area contributed by atoms with Crippen LogP contribution >= 0.6 is 0 Å². The summed E-state index contributed by atoms with van der Waals surface area (Å²) in [7, 11) is 0. The van der Waals surface area contributed by atoms with Gasteiger partial charge in [0.2, 0.25) is 0 Å². The van der Waals surface area contributed by atoms with Crippen LogP contribution in [0.4, 0.5) is 4.79 Å². The monoisotopic (exact) mass is 310 g/mol. The maximum Gasteiger partial charge on any atom is 0.372 e. The molecule has 3 aromatic rings. The summed E-state index contributed by atoms with van der Waals surface area (Å²) >= 11 is 0. The molecule has 0 aliphatic heterocycles.